The summed E-state index contributed by atoms with van der Waals surface area (Å²) in [7, 11) is -0.605. The van der Waals surface area contributed by atoms with E-state index < -0.39 is 10.0 Å². The van der Waals surface area contributed by atoms with Gasteiger partial charge < -0.3 is 19.1 Å². The molecule has 0 amide bonds. The van der Waals surface area contributed by atoms with Gasteiger partial charge in [-0.05, 0) is 32.0 Å². The number of hydrogen-bond acceptors (Lipinski definition) is 7. The van der Waals surface area contributed by atoms with Crippen molar-refractivity contribution in [2.24, 2.45) is 0 Å². The van der Waals surface area contributed by atoms with E-state index in [1.165, 1.54) is 30.7 Å². The van der Waals surface area contributed by atoms with E-state index >= 15 is 0 Å². The molecule has 27 heavy (non-hydrogen) atoms. The number of carbonyl (C=O) groups excluding carboxylic acids is 1. The average Bonchev–Trinajstić information content (AvgIpc) is 2.68. The van der Waals surface area contributed by atoms with Crippen LogP contribution >= 0.6 is 0 Å². The van der Waals surface area contributed by atoms with Crippen LogP contribution in [0.25, 0.3) is 0 Å². The maximum absolute atomic E-state index is 12.9. The molecule has 0 aromatic heterocycles. The first-order valence-electron chi connectivity index (χ1n) is 9.02. The fourth-order valence-electron chi connectivity index (χ4n) is 3.00. The Hall–Kier alpha value is -1.84. The Morgan fingerprint density at radius 2 is 1.74 bits per heavy atom. The van der Waals surface area contributed by atoms with E-state index in [0.717, 1.165) is 6.54 Å². The van der Waals surface area contributed by atoms with Crippen molar-refractivity contribution in [1.82, 2.24) is 9.21 Å². The number of benzene rings is 1. The average molecular weight is 400 g/mol. The Balaban J connectivity index is 1.92. The number of esters is 1. The fourth-order valence-corrected chi connectivity index (χ4v) is 4.44. The zero-order chi connectivity index (χ0) is 19.9. The predicted molar refractivity (Wildman–Crippen MR) is 101 cm³/mol. The highest BCUT2D eigenvalue weighted by atomic mass is 32.2. The highest BCUT2D eigenvalue weighted by Crippen LogP contribution is 2.30. The van der Waals surface area contributed by atoms with Crippen molar-refractivity contribution < 1.29 is 27.4 Å². The maximum atomic E-state index is 12.9. The number of piperazine rings is 1. The first-order chi connectivity index (χ1) is 12.9. The van der Waals surface area contributed by atoms with Gasteiger partial charge in [0.05, 0.1) is 25.7 Å². The van der Waals surface area contributed by atoms with Crippen molar-refractivity contribution >= 4 is 16.0 Å². The van der Waals surface area contributed by atoms with Gasteiger partial charge in [-0.15, -0.1) is 0 Å². The Labute approximate surface area is 161 Å². The summed E-state index contributed by atoms with van der Waals surface area (Å²) in [6, 6.07) is 4.61. The highest BCUT2D eigenvalue weighted by molar-refractivity contribution is 7.89. The maximum Gasteiger partial charge on any atom is 0.305 e. The Morgan fingerprint density at radius 3 is 2.33 bits per heavy atom. The summed E-state index contributed by atoms with van der Waals surface area (Å²) in [6.45, 7) is 5.03. The lowest BCUT2D eigenvalue weighted by atomic mass is 10.2. The number of rotatable bonds is 9. The van der Waals surface area contributed by atoms with Gasteiger partial charge in [0.1, 0.15) is 0 Å². The quantitative estimate of drug-likeness (QED) is 0.579. The van der Waals surface area contributed by atoms with Crippen LogP contribution < -0.4 is 9.47 Å². The molecule has 0 spiro atoms. The molecular formula is C18H28N2O6S. The van der Waals surface area contributed by atoms with Crippen LogP contribution in [0, 0.1) is 0 Å². The van der Waals surface area contributed by atoms with Gasteiger partial charge in [0.2, 0.25) is 10.0 Å². The van der Waals surface area contributed by atoms with E-state index in [9.17, 15) is 13.2 Å². The molecule has 1 aliphatic rings. The van der Waals surface area contributed by atoms with Crippen LogP contribution in [0.4, 0.5) is 0 Å². The summed E-state index contributed by atoms with van der Waals surface area (Å²) in [4.78, 5) is 13.7. The second-order valence-electron chi connectivity index (χ2n) is 6.17. The van der Waals surface area contributed by atoms with Crippen LogP contribution in [0.5, 0.6) is 11.5 Å². The highest BCUT2D eigenvalue weighted by Gasteiger charge is 2.29. The number of ether oxygens (including phenoxy) is 3. The summed E-state index contributed by atoms with van der Waals surface area (Å²) in [5, 5.41) is 0. The largest absolute Gasteiger partial charge is 0.493 e. The summed E-state index contributed by atoms with van der Waals surface area (Å²) in [5.74, 6) is 0.686. The van der Waals surface area contributed by atoms with Crippen LogP contribution in [-0.2, 0) is 19.6 Å². The van der Waals surface area contributed by atoms with Crippen LogP contribution in [0.15, 0.2) is 23.1 Å². The molecule has 0 atom stereocenters. The molecule has 0 saturated carbocycles. The second-order valence-corrected chi connectivity index (χ2v) is 8.11. The molecule has 9 heteroatoms. The third-order valence-electron chi connectivity index (χ3n) is 4.48. The molecule has 0 N–H and O–H groups in total. The van der Waals surface area contributed by atoms with Gasteiger partial charge in [0.25, 0.3) is 0 Å². The van der Waals surface area contributed by atoms with Crippen molar-refractivity contribution in [3.63, 3.8) is 0 Å². The minimum atomic E-state index is -3.59. The third-order valence-corrected chi connectivity index (χ3v) is 6.38. The van der Waals surface area contributed by atoms with E-state index in [1.807, 2.05) is 0 Å². The van der Waals surface area contributed by atoms with Gasteiger partial charge in [-0.2, -0.15) is 4.31 Å². The SMILES string of the molecule is CCOC(=O)CCCN1CCN(S(=O)(=O)c2ccc(OC)c(OC)c2)CC1. The second kappa shape index (κ2) is 9.91. The van der Waals surface area contributed by atoms with Crippen molar-refractivity contribution in [1.29, 1.82) is 0 Å². The number of hydrogen-bond donors (Lipinski definition) is 0. The predicted octanol–water partition coefficient (Wildman–Crippen LogP) is 1.35. The first-order valence-corrected chi connectivity index (χ1v) is 10.5. The number of methoxy groups -OCH3 is 2. The normalized spacial score (nSPS) is 16.1. The standard InChI is InChI=1S/C18H28N2O6S/c1-4-26-18(21)6-5-9-19-10-12-20(13-11-19)27(22,23)15-7-8-16(24-2)17(14-15)25-3/h7-8,14H,4-6,9-13H2,1-3H3. The summed E-state index contributed by atoms with van der Waals surface area (Å²) in [6.07, 6.45) is 1.10. The lowest BCUT2D eigenvalue weighted by Crippen LogP contribution is -2.48. The summed E-state index contributed by atoms with van der Waals surface area (Å²) in [5.41, 5.74) is 0. The van der Waals surface area contributed by atoms with Gasteiger partial charge in [-0.3, -0.25) is 4.79 Å². The van der Waals surface area contributed by atoms with Crippen LogP contribution in [0.2, 0.25) is 0 Å². The molecule has 0 bridgehead atoms. The monoisotopic (exact) mass is 400 g/mol. The van der Waals surface area contributed by atoms with Gasteiger partial charge in [0.15, 0.2) is 11.5 Å². The van der Waals surface area contributed by atoms with Crippen LogP contribution in [0.1, 0.15) is 19.8 Å². The first kappa shape index (κ1) is 21.5. The molecule has 8 nitrogen and oxygen atoms in total. The zero-order valence-corrected chi connectivity index (χ0v) is 17.0. The van der Waals surface area contributed by atoms with E-state index in [2.05, 4.69) is 4.90 Å². The van der Waals surface area contributed by atoms with Crippen molar-refractivity contribution in [3.8, 4) is 11.5 Å². The Bertz CT molecular complexity index is 729. The lowest BCUT2D eigenvalue weighted by molar-refractivity contribution is -0.143. The molecule has 152 valence electrons. The van der Waals surface area contributed by atoms with Gasteiger partial charge in [-0.1, -0.05) is 0 Å². The Morgan fingerprint density at radius 1 is 1.07 bits per heavy atom. The van der Waals surface area contributed by atoms with Crippen LogP contribution in [-0.4, -0.2) is 77.1 Å². The minimum absolute atomic E-state index is 0.188. The molecule has 1 aromatic carbocycles. The molecule has 1 heterocycles. The van der Waals surface area contributed by atoms with Gasteiger partial charge in [0, 0.05) is 38.7 Å². The lowest BCUT2D eigenvalue weighted by Gasteiger charge is -2.34. The topological polar surface area (TPSA) is 85.4 Å². The molecule has 1 aliphatic heterocycles. The summed E-state index contributed by atoms with van der Waals surface area (Å²) < 4.78 is 42.5. The summed E-state index contributed by atoms with van der Waals surface area (Å²) >= 11 is 0. The van der Waals surface area contributed by atoms with Gasteiger partial charge >= 0.3 is 5.97 Å². The molecule has 2 rings (SSSR count). The molecule has 1 saturated heterocycles. The number of sulfonamides is 1. The smallest absolute Gasteiger partial charge is 0.305 e. The zero-order valence-electron chi connectivity index (χ0n) is 16.1. The number of nitrogens with zero attached hydrogens (tertiary/aromatic N) is 2. The van der Waals surface area contributed by atoms with E-state index in [0.29, 0.717) is 57.1 Å². The molecule has 1 fully saturated rings. The molecule has 0 radical (unpaired) electrons. The van der Waals surface area contributed by atoms with E-state index in [-0.39, 0.29) is 10.9 Å². The van der Waals surface area contributed by atoms with E-state index in [4.69, 9.17) is 14.2 Å². The van der Waals surface area contributed by atoms with Crippen molar-refractivity contribution in [3.05, 3.63) is 18.2 Å². The van der Waals surface area contributed by atoms with E-state index in [1.54, 1.807) is 13.0 Å². The van der Waals surface area contributed by atoms with Gasteiger partial charge in [-0.25, -0.2) is 8.42 Å². The molecular weight excluding hydrogens is 372 g/mol. The van der Waals surface area contributed by atoms with Crippen molar-refractivity contribution in [2.75, 3.05) is 53.6 Å². The Kier molecular flexibility index (Phi) is 7.88. The van der Waals surface area contributed by atoms with Crippen molar-refractivity contribution in [2.45, 2.75) is 24.7 Å². The molecule has 0 unspecified atom stereocenters. The molecule has 1 aromatic rings. The minimum Gasteiger partial charge on any atom is -0.493 e. The molecule has 0 aliphatic carbocycles. The fraction of sp³-hybridized carbons (Fsp3) is 0.611. The third kappa shape index (κ3) is 5.57. The van der Waals surface area contributed by atoms with Crippen LogP contribution in [0.3, 0.4) is 0 Å². The number of carbonyl (C=O) groups is 1.